The number of benzene rings is 2. The molecule has 0 amide bonds. The lowest BCUT2D eigenvalue weighted by atomic mass is 10.0. The van der Waals surface area contributed by atoms with Crippen molar-refractivity contribution in [2.24, 2.45) is 7.05 Å². The number of aliphatic hydroxyl groups excluding tert-OH is 1. The number of anilines is 1. The highest BCUT2D eigenvalue weighted by atomic mass is 32.2. The molecule has 2 heterocycles. The number of hydrogen-bond acceptors (Lipinski definition) is 5. The van der Waals surface area contributed by atoms with Gasteiger partial charge in [0.2, 0.25) is 10.0 Å². The maximum atomic E-state index is 14.3. The van der Waals surface area contributed by atoms with Crippen molar-refractivity contribution >= 4 is 26.6 Å². The fourth-order valence-corrected chi connectivity index (χ4v) is 4.14. The minimum Gasteiger partial charge on any atom is -0.454 e. The summed E-state index contributed by atoms with van der Waals surface area (Å²) < 4.78 is 61.4. The van der Waals surface area contributed by atoms with Crippen LogP contribution in [0, 0.1) is 11.6 Å². The van der Waals surface area contributed by atoms with Crippen molar-refractivity contribution in [2.45, 2.75) is 13.5 Å². The summed E-state index contributed by atoms with van der Waals surface area (Å²) in [4.78, 5) is 15.5. The van der Waals surface area contributed by atoms with Gasteiger partial charge in [0.1, 0.15) is 17.1 Å². The number of rotatable bonds is 7. The Kier molecular flexibility index (Phi) is 6.15. The number of pyridine rings is 1. The number of nitrogens with zero attached hydrogens (tertiary/aromatic N) is 1. The molecule has 8 nitrogen and oxygen atoms in total. The number of ether oxygens (including phenoxy) is 1. The minimum atomic E-state index is -3.60. The number of hydrogen-bond donors (Lipinski definition) is 3. The molecule has 0 unspecified atom stereocenters. The topological polar surface area (TPSA) is 113 Å². The Morgan fingerprint density at radius 3 is 2.50 bits per heavy atom. The standard InChI is InChI=1S/C23H21F2N3O5S/c1-3-34(31,32)27-14-5-7-20(33-21-6-4-13(24)8-19(21)25)16(9-14)18-11-28(2)23(30)22-17(18)10-15(12-29)26-22/h4-11,26-27,29H,3,12H2,1-2H3. The van der Waals surface area contributed by atoms with Gasteiger partial charge in [-0.1, -0.05) is 0 Å². The Balaban J connectivity index is 1.96. The summed E-state index contributed by atoms with van der Waals surface area (Å²) in [5, 5.41) is 10.00. The van der Waals surface area contributed by atoms with E-state index in [1.165, 1.54) is 42.9 Å². The van der Waals surface area contributed by atoms with Crippen LogP contribution in [0.5, 0.6) is 11.5 Å². The third kappa shape index (κ3) is 4.52. The molecule has 0 aliphatic heterocycles. The molecule has 0 saturated carbocycles. The Labute approximate surface area is 193 Å². The molecule has 0 radical (unpaired) electrons. The summed E-state index contributed by atoms with van der Waals surface area (Å²) >= 11 is 0. The lowest BCUT2D eigenvalue weighted by molar-refractivity contribution is 0.278. The van der Waals surface area contributed by atoms with Crippen LogP contribution in [0.15, 0.2) is 53.5 Å². The van der Waals surface area contributed by atoms with Crippen molar-refractivity contribution in [3.63, 3.8) is 0 Å². The van der Waals surface area contributed by atoms with Gasteiger partial charge in [-0.25, -0.2) is 17.2 Å². The second-order valence-electron chi connectivity index (χ2n) is 7.59. The number of fused-ring (bicyclic) bond motifs is 1. The van der Waals surface area contributed by atoms with Gasteiger partial charge < -0.3 is 19.4 Å². The minimum absolute atomic E-state index is 0.136. The van der Waals surface area contributed by atoms with Crippen molar-refractivity contribution in [3.05, 3.63) is 76.3 Å². The van der Waals surface area contributed by atoms with E-state index in [0.717, 1.165) is 12.1 Å². The third-order valence-electron chi connectivity index (χ3n) is 5.23. The summed E-state index contributed by atoms with van der Waals surface area (Å²) in [6.45, 7) is 1.16. The molecule has 2 aromatic carbocycles. The summed E-state index contributed by atoms with van der Waals surface area (Å²) in [6.07, 6.45) is 1.53. The van der Waals surface area contributed by atoms with Crippen LogP contribution in [-0.2, 0) is 23.7 Å². The number of aromatic amines is 1. The number of aliphatic hydroxyl groups is 1. The second-order valence-corrected chi connectivity index (χ2v) is 9.60. The molecule has 2 aromatic heterocycles. The van der Waals surface area contributed by atoms with Crippen molar-refractivity contribution in [2.75, 3.05) is 10.5 Å². The number of H-pyrrole nitrogens is 1. The highest BCUT2D eigenvalue weighted by Gasteiger charge is 2.19. The van der Waals surface area contributed by atoms with Crippen LogP contribution in [0.4, 0.5) is 14.5 Å². The third-order valence-corrected chi connectivity index (χ3v) is 6.53. The molecule has 178 valence electrons. The van der Waals surface area contributed by atoms with Crippen LogP contribution >= 0.6 is 0 Å². The van der Waals surface area contributed by atoms with Gasteiger partial charge >= 0.3 is 0 Å². The lowest BCUT2D eigenvalue weighted by Crippen LogP contribution is -2.17. The number of aromatic nitrogens is 2. The van der Waals surface area contributed by atoms with Crippen molar-refractivity contribution < 1.29 is 27.0 Å². The van der Waals surface area contributed by atoms with Gasteiger partial charge in [-0.15, -0.1) is 0 Å². The smallest absolute Gasteiger partial charge is 0.274 e. The van der Waals surface area contributed by atoms with E-state index < -0.39 is 21.7 Å². The number of halogens is 2. The Morgan fingerprint density at radius 2 is 1.82 bits per heavy atom. The first-order chi connectivity index (χ1) is 16.1. The molecule has 0 aliphatic rings. The summed E-state index contributed by atoms with van der Waals surface area (Å²) in [6, 6.07) is 8.85. The molecule has 0 aliphatic carbocycles. The normalized spacial score (nSPS) is 11.7. The van der Waals surface area contributed by atoms with Crippen molar-refractivity contribution in [1.82, 2.24) is 9.55 Å². The summed E-state index contributed by atoms with van der Waals surface area (Å²) in [5.74, 6) is -1.94. The summed E-state index contributed by atoms with van der Waals surface area (Å²) in [5.41, 5.74) is 1.31. The fraction of sp³-hybridized carbons (Fsp3) is 0.174. The molecule has 34 heavy (non-hydrogen) atoms. The van der Waals surface area contributed by atoms with Crippen LogP contribution in [0.25, 0.3) is 22.0 Å². The largest absolute Gasteiger partial charge is 0.454 e. The van der Waals surface area contributed by atoms with E-state index in [2.05, 4.69) is 9.71 Å². The molecule has 0 fully saturated rings. The number of aryl methyl sites for hydroxylation is 1. The van der Waals surface area contributed by atoms with E-state index in [0.29, 0.717) is 28.3 Å². The van der Waals surface area contributed by atoms with E-state index in [1.807, 2.05) is 0 Å². The van der Waals surface area contributed by atoms with E-state index in [-0.39, 0.29) is 40.6 Å². The molecule has 0 spiro atoms. The monoisotopic (exact) mass is 489 g/mol. The number of sulfonamides is 1. The SMILES string of the molecule is CCS(=O)(=O)Nc1ccc(Oc2ccc(F)cc2F)c(-c2cn(C)c(=O)c3[nH]c(CO)cc23)c1. The molecular formula is C23H21F2N3O5S. The predicted octanol–water partition coefficient (Wildman–Crippen LogP) is 3.86. The lowest BCUT2D eigenvalue weighted by Gasteiger charge is -2.16. The first-order valence-corrected chi connectivity index (χ1v) is 11.9. The van der Waals surface area contributed by atoms with Crippen LogP contribution in [0.1, 0.15) is 12.6 Å². The molecule has 0 bridgehead atoms. The van der Waals surface area contributed by atoms with Crippen LogP contribution < -0.4 is 15.0 Å². The Morgan fingerprint density at radius 1 is 1.09 bits per heavy atom. The maximum absolute atomic E-state index is 14.3. The van der Waals surface area contributed by atoms with Crippen LogP contribution in [0.2, 0.25) is 0 Å². The van der Waals surface area contributed by atoms with Gasteiger partial charge in [0.25, 0.3) is 5.56 Å². The molecule has 4 rings (SSSR count). The van der Waals surface area contributed by atoms with E-state index in [9.17, 15) is 27.1 Å². The molecule has 0 saturated heterocycles. The Hall–Kier alpha value is -3.70. The molecule has 0 atom stereocenters. The van der Waals surface area contributed by atoms with E-state index in [4.69, 9.17) is 4.74 Å². The Bertz CT molecular complexity index is 1560. The van der Waals surface area contributed by atoms with Gasteiger partial charge in [0, 0.05) is 47.2 Å². The van der Waals surface area contributed by atoms with E-state index in [1.54, 1.807) is 6.07 Å². The number of nitrogens with one attached hydrogen (secondary N) is 2. The van der Waals surface area contributed by atoms with Gasteiger partial charge in [-0.2, -0.15) is 0 Å². The molecular weight excluding hydrogens is 468 g/mol. The fourth-order valence-electron chi connectivity index (χ4n) is 3.51. The summed E-state index contributed by atoms with van der Waals surface area (Å²) in [7, 11) is -2.06. The van der Waals surface area contributed by atoms with Gasteiger partial charge in [0.05, 0.1) is 12.4 Å². The molecule has 4 aromatic rings. The van der Waals surface area contributed by atoms with E-state index >= 15 is 0 Å². The average Bonchev–Trinajstić information content (AvgIpc) is 3.24. The highest BCUT2D eigenvalue weighted by Crippen LogP contribution is 2.39. The molecule has 11 heteroatoms. The zero-order valence-corrected chi connectivity index (χ0v) is 19.0. The first-order valence-electron chi connectivity index (χ1n) is 10.2. The van der Waals surface area contributed by atoms with Gasteiger partial charge in [-0.05, 0) is 43.3 Å². The zero-order chi connectivity index (χ0) is 24.6. The van der Waals surface area contributed by atoms with Crippen molar-refractivity contribution in [1.29, 1.82) is 0 Å². The quantitative estimate of drug-likeness (QED) is 0.365. The van der Waals surface area contributed by atoms with Gasteiger partial charge in [-0.3, -0.25) is 9.52 Å². The maximum Gasteiger partial charge on any atom is 0.274 e. The second kappa shape index (κ2) is 8.92. The van der Waals surface area contributed by atoms with Crippen LogP contribution in [0.3, 0.4) is 0 Å². The molecule has 3 N–H and O–H groups in total. The van der Waals surface area contributed by atoms with Crippen LogP contribution in [-0.4, -0.2) is 28.8 Å². The first kappa shape index (κ1) is 23.5. The van der Waals surface area contributed by atoms with Gasteiger partial charge in [0.15, 0.2) is 11.6 Å². The average molecular weight is 490 g/mol. The predicted molar refractivity (Wildman–Crippen MR) is 124 cm³/mol. The van der Waals surface area contributed by atoms with Crippen molar-refractivity contribution in [3.8, 4) is 22.6 Å². The zero-order valence-electron chi connectivity index (χ0n) is 18.2. The highest BCUT2D eigenvalue weighted by molar-refractivity contribution is 7.92.